The highest BCUT2D eigenvalue weighted by Crippen LogP contribution is 2.41. The third-order valence-corrected chi connectivity index (χ3v) is 8.16. The highest BCUT2D eigenvalue weighted by molar-refractivity contribution is 7.90. The maximum Gasteiger partial charge on any atom is 0.333 e. The molecule has 188 valence electrons. The molecule has 0 spiro atoms. The second kappa shape index (κ2) is 9.42. The first-order chi connectivity index (χ1) is 17.3. The zero-order valence-corrected chi connectivity index (χ0v) is 21.4. The molecule has 2 aliphatic rings. The van der Waals surface area contributed by atoms with Gasteiger partial charge in [-0.1, -0.05) is 17.7 Å². The minimum atomic E-state index is -4.15. The number of nitrogens with zero attached hydrogens (tertiary/aromatic N) is 3. The number of nitrogens with one attached hydrogen (secondary N) is 2. The Kier molecular flexibility index (Phi) is 6.29. The molecular formula is C26H29N5O4S. The number of rotatable bonds is 6. The molecule has 1 saturated carbocycles. The molecule has 2 heterocycles. The molecule has 0 saturated heterocycles. The quantitative estimate of drug-likeness (QED) is 0.473. The number of methoxy groups -OCH3 is 1. The van der Waals surface area contributed by atoms with Crippen LogP contribution in [-0.2, 0) is 22.9 Å². The molecule has 10 heteroatoms. The van der Waals surface area contributed by atoms with E-state index in [4.69, 9.17) is 4.74 Å². The number of urea groups is 1. The Morgan fingerprint density at radius 2 is 2.03 bits per heavy atom. The van der Waals surface area contributed by atoms with Gasteiger partial charge in [-0.25, -0.2) is 14.5 Å². The van der Waals surface area contributed by atoms with Gasteiger partial charge in [0.05, 0.1) is 18.8 Å². The molecule has 0 radical (unpaired) electrons. The van der Waals surface area contributed by atoms with Crippen molar-refractivity contribution in [2.45, 2.75) is 57.0 Å². The van der Waals surface area contributed by atoms with Crippen molar-refractivity contribution in [3.8, 4) is 17.0 Å². The number of aryl methyl sites for hydroxylation is 2. The van der Waals surface area contributed by atoms with Crippen molar-refractivity contribution in [1.82, 2.24) is 19.5 Å². The van der Waals surface area contributed by atoms with Gasteiger partial charge in [0.2, 0.25) is 5.88 Å². The summed E-state index contributed by atoms with van der Waals surface area (Å²) in [4.78, 5) is 17.2. The lowest BCUT2D eigenvalue weighted by Crippen LogP contribution is -2.35. The van der Waals surface area contributed by atoms with Crippen molar-refractivity contribution in [2.24, 2.45) is 0 Å². The van der Waals surface area contributed by atoms with E-state index < -0.39 is 16.1 Å². The first kappa shape index (κ1) is 24.1. The molecule has 2 aromatic heterocycles. The number of anilines is 1. The number of hydrogen-bond donors (Lipinski definition) is 2. The van der Waals surface area contributed by atoms with Gasteiger partial charge in [0.25, 0.3) is 10.0 Å². The average Bonchev–Trinajstić information content (AvgIpc) is 3.48. The van der Waals surface area contributed by atoms with Gasteiger partial charge in [-0.3, -0.25) is 4.68 Å². The maximum atomic E-state index is 13.0. The Morgan fingerprint density at radius 3 is 2.78 bits per heavy atom. The second-order valence-electron chi connectivity index (χ2n) is 9.22. The van der Waals surface area contributed by atoms with Crippen molar-refractivity contribution in [1.29, 1.82) is 0 Å². The van der Waals surface area contributed by atoms with E-state index in [1.165, 1.54) is 11.6 Å². The Balaban J connectivity index is 1.41. The summed E-state index contributed by atoms with van der Waals surface area (Å²) in [7, 11) is -2.60. The first-order valence-corrected chi connectivity index (χ1v) is 13.5. The fourth-order valence-corrected chi connectivity index (χ4v) is 5.87. The molecule has 2 N–H and O–H groups in total. The first-order valence-electron chi connectivity index (χ1n) is 12.0. The predicted molar refractivity (Wildman–Crippen MR) is 137 cm³/mol. The Labute approximate surface area is 210 Å². The van der Waals surface area contributed by atoms with Crippen LogP contribution in [0.25, 0.3) is 11.1 Å². The molecule has 9 nitrogen and oxygen atoms in total. The fourth-order valence-electron chi connectivity index (χ4n) is 5.03. The summed E-state index contributed by atoms with van der Waals surface area (Å²) in [5.41, 5.74) is 6.74. The molecule has 0 atom stereocenters. The number of carbonyl (C=O) groups is 1. The van der Waals surface area contributed by atoms with Crippen molar-refractivity contribution in [3.05, 3.63) is 65.0 Å². The normalized spacial score (nSPS) is 16.8. The Hall–Kier alpha value is -3.66. The molecule has 1 fully saturated rings. The molecule has 0 aliphatic heterocycles. The molecule has 36 heavy (non-hydrogen) atoms. The summed E-state index contributed by atoms with van der Waals surface area (Å²) in [5, 5.41) is 6.89. The number of fused-ring (bicyclic) bond motifs is 1. The van der Waals surface area contributed by atoms with Crippen LogP contribution < -0.4 is 14.8 Å². The number of pyridine rings is 1. The van der Waals surface area contributed by atoms with E-state index >= 15 is 0 Å². The van der Waals surface area contributed by atoms with Crippen LogP contribution in [-0.4, -0.2) is 36.3 Å². The lowest BCUT2D eigenvalue weighted by atomic mass is 9.86. The number of benzene rings is 1. The largest absolute Gasteiger partial charge is 0.481 e. The predicted octanol–water partition coefficient (Wildman–Crippen LogP) is 4.54. The smallest absolute Gasteiger partial charge is 0.333 e. The summed E-state index contributed by atoms with van der Waals surface area (Å²) in [5.74, 6) is 0.453. The van der Waals surface area contributed by atoms with Crippen LogP contribution >= 0.6 is 0 Å². The number of carbonyl (C=O) groups excluding carboxylic acids is 1. The lowest BCUT2D eigenvalue weighted by molar-refractivity contribution is 0.256. The van der Waals surface area contributed by atoms with Crippen LogP contribution in [0.1, 0.15) is 48.9 Å². The lowest BCUT2D eigenvalue weighted by Gasteiger charge is -2.29. The molecule has 0 bridgehead atoms. The van der Waals surface area contributed by atoms with Gasteiger partial charge in [-0.15, -0.1) is 0 Å². The molecule has 3 aromatic rings. The minimum absolute atomic E-state index is 0.142. The van der Waals surface area contributed by atoms with E-state index in [1.807, 2.05) is 19.9 Å². The zero-order valence-electron chi connectivity index (χ0n) is 20.5. The fraction of sp³-hybridized carbons (Fsp3) is 0.346. The topological polar surface area (TPSA) is 115 Å². The third-order valence-electron chi connectivity index (χ3n) is 6.93. The maximum absolute atomic E-state index is 13.0. The van der Waals surface area contributed by atoms with Crippen LogP contribution in [0.3, 0.4) is 0 Å². The van der Waals surface area contributed by atoms with Crippen molar-refractivity contribution in [2.75, 3.05) is 12.4 Å². The minimum Gasteiger partial charge on any atom is -0.481 e. The number of allylic oxidation sites excluding steroid dienone is 2. The number of sulfonamides is 1. The number of amides is 2. The third kappa shape index (κ3) is 4.48. The van der Waals surface area contributed by atoms with E-state index in [1.54, 1.807) is 30.3 Å². The number of ether oxygens (including phenoxy) is 1. The van der Waals surface area contributed by atoms with Crippen molar-refractivity contribution >= 4 is 21.7 Å². The van der Waals surface area contributed by atoms with Crippen LogP contribution in [0.4, 0.5) is 10.5 Å². The van der Waals surface area contributed by atoms with Gasteiger partial charge in [-0.2, -0.15) is 13.5 Å². The molecule has 2 aliphatic carbocycles. The van der Waals surface area contributed by atoms with Gasteiger partial charge >= 0.3 is 6.03 Å². The monoisotopic (exact) mass is 507 g/mol. The van der Waals surface area contributed by atoms with Crippen LogP contribution in [0.2, 0.25) is 0 Å². The Bertz CT molecular complexity index is 1470. The van der Waals surface area contributed by atoms with Gasteiger partial charge < -0.3 is 10.1 Å². The molecule has 0 unspecified atom stereocenters. The summed E-state index contributed by atoms with van der Waals surface area (Å²) < 4.78 is 35.0. The number of hydrogen-bond acceptors (Lipinski definition) is 6. The highest BCUT2D eigenvalue weighted by atomic mass is 32.2. The summed E-state index contributed by atoms with van der Waals surface area (Å²) in [6.07, 6.45) is 9.76. The van der Waals surface area contributed by atoms with E-state index in [0.717, 1.165) is 59.9 Å². The number of aromatic nitrogens is 3. The van der Waals surface area contributed by atoms with Gasteiger partial charge in [0, 0.05) is 24.0 Å². The van der Waals surface area contributed by atoms with Gasteiger partial charge in [-0.05, 0) is 80.3 Å². The van der Waals surface area contributed by atoms with E-state index in [-0.39, 0.29) is 11.1 Å². The van der Waals surface area contributed by atoms with Crippen molar-refractivity contribution < 1.29 is 17.9 Å². The molecular weight excluding hydrogens is 478 g/mol. The molecule has 2 amide bonds. The molecule has 1 aromatic carbocycles. The van der Waals surface area contributed by atoms with Crippen LogP contribution in [0.15, 0.2) is 53.3 Å². The van der Waals surface area contributed by atoms with E-state index in [2.05, 4.69) is 32.3 Å². The highest BCUT2D eigenvalue weighted by Gasteiger charge is 2.28. The van der Waals surface area contributed by atoms with E-state index in [9.17, 15) is 13.2 Å². The standard InChI is InChI=1S/C26H29N5O4S/c1-4-17-13-20(14-17)31-11-9-23(29-31)36(33,34)30-26(32)28-25-21-7-5-6-18(21)12-16(2)24(25)19-8-10-27-22(15-19)35-3/h4,8-12,15,20H,5-7,13-14H2,1-3H3,(H2,28,30,32). The Morgan fingerprint density at radius 1 is 1.22 bits per heavy atom. The van der Waals surface area contributed by atoms with Gasteiger partial charge in [0.1, 0.15) is 0 Å². The van der Waals surface area contributed by atoms with Crippen molar-refractivity contribution in [3.63, 3.8) is 0 Å². The van der Waals surface area contributed by atoms with Crippen LogP contribution in [0.5, 0.6) is 5.88 Å². The average molecular weight is 508 g/mol. The zero-order chi connectivity index (χ0) is 25.4. The second-order valence-corrected chi connectivity index (χ2v) is 10.9. The van der Waals surface area contributed by atoms with Crippen LogP contribution in [0, 0.1) is 6.92 Å². The summed E-state index contributed by atoms with van der Waals surface area (Å²) >= 11 is 0. The SMILES string of the molecule is CC=C1CC(n2ccc(S(=O)(=O)NC(=O)Nc3c4c(cc(C)c3-c3ccnc(OC)c3)CCC4)n2)C1. The van der Waals surface area contributed by atoms with Gasteiger partial charge in [0.15, 0.2) is 5.03 Å². The summed E-state index contributed by atoms with van der Waals surface area (Å²) in [6, 6.07) is 6.52. The molecule has 5 rings (SSSR count). The van der Waals surface area contributed by atoms with E-state index in [0.29, 0.717) is 11.6 Å². The summed E-state index contributed by atoms with van der Waals surface area (Å²) in [6.45, 7) is 3.97.